The van der Waals surface area contributed by atoms with Gasteiger partial charge in [0.15, 0.2) is 56.3 Å². The average Bonchev–Trinajstić information content (AvgIpc) is 2.98. The highest BCUT2D eigenvalue weighted by atomic mass is 35.5. The molecular weight excluding hydrogens is 757 g/mol. The SMILES string of the molecule is O=S(=O)(Nc1ccc(Cl)nc1)c1c(F)c(F)c(F)c(F)c1F.O=S(=O)(Nc1ccc(OC(F)(F)F)cc1)c1c(F)c(F)c(F)c(F)c1F. The lowest BCUT2D eigenvalue weighted by molar-refractivity contribution is -0.274. The molecule has 0 saturated carbocycles. The molecule has 2 N–H and O–H groups in total. The number of nitrogens with one attached hydrogen (secondary N) is 2. The summed E-state index contributed by atoms with van der Waals surface area (Å²) < 4.78 is 222. The van der Waals surface area contributed by atoms with E-state index in [0.717, 1.165) is 18.3 Å². The summed E-state index contributed by atoms with van der Waals surface area (Å²) >= 11 is 5.46. The van der Waals surface area contributed by atoms with Crippen molar-refractivity contribution >= 4 is 43.0 Å². The van der Waals surface area contributed by atoms with Crippen LogP contribution in [-0.2, 0) is 20.0 Å². The number of aromatic nitrogens is 1. The van der Waals surface area contributed by atoms with Crippen LogP contribution < -0.4 is 14.2 Å². The van der Waals surface area contributed by atoms with Crippen LogP contribution in [0, 0.1) is 58.2 Å². The summed E-state index contributed by atoms with van der Waals surface area (Å²) in [4.78, 5) is -0.628. The van der Waals surface area contributed by atoms with Gasteiger partial charge in [-0.2, -0.15) is 0 Å². The Morgan fingerprint density at radius 1 is 0.542 bits per heavy atom. The Hall–Kier alpha value is -4.51. The minimum Gasteiger partial charge on any atom is -0.406 e. The standard InChI is InChI=1S/C13H5F8NO3S.C11H4ClF5N2O2S/c14-7-8(15)10(17)12(11(18)9(7)16)26(23,24)22-5-1-3-6(4-2-5)25-13(19,20)21;12-5-2-1-4(3-18-5)19-22(20,21)11-9(16)7(14)6(13)8(15)10(11)17/h1-4,22H;1-3,19H. The van der Waals surface area contributed by atoms with Crippen molar-refractivity contribution in [3.8, 4) is 5.75 Å². The van der Waals surface area contributed by atoms with Gasteiger partial charge in [-0.3, -0.25) is 9.44 Å². The summed E-state index contributed by atoms with van der Waals surface area (Å²) in [6.07, 6.45) is -4.12. The number of pyridine rings is 1. The number of sulfonamides is 2. The quantitative estimate of drug-likeness (QED) is 0.0883. The first kappa shape index (κ1) is 37.9. The number of nitrogens with zero attached hydrogens (tertiary/aromatic N) is 1. The van der Waals surface area contributed by atoms with Crippen molar-refractivity contribution in [1.29, 1.82) is 0 Å². The monoisotopic (exact) mass is 765 g/mol. The van der Waals surface area contributed by atoms with E-state index >= 15 is 0 Å². The predicted octanol–water partition coefficient (Wildman–Crippen LogP) is 7.31. The molecule has 8 nitrogen and oxygen atoms in total. The van der Waals surface area contributed by atoms with Gasteiger partial charge in [0, 0.05) is 5.69 Å². The molecule has 260 valence electrons. The second-order valence-electron chi connectivity index (χ2n) is 8.45. The van der Waals surface area contributed by atoms with Gasteiger partial charge in [0.05, 0.1) is 11.9 Å². The summed E-state index contributed by atoms with van der Waals surface area (Å²) in [5.41, 5.74) is -0.809. The second kappa shape index (κ2) is 13.9. The Balaban J connectivity index is 0.000000264. The van der Waals surface area contributed by atoms with Crippen LogP contribution in [0.3, 0.4) is 0 Å². The third-order valence-electron chi connectivity index (χ3n) is 5.20. The lowest BCUT2D eigenvalue weighted by Crippen LogP contribution is -2.19. The molecule has 0 radical (unpaired) electrons. The molecule has 0 aliphatic heterocycles. The molecule has 4 aromatic rings. The molecule has 0 spiro atoms. The van der Waals surface area contributed by atoms with Crippen LogP contribution in [0.15, 0.2) is 52.4 Å². The average molecular weight is 766 g/mol. The van der Waals surface area contributed by atoms with Crippen molar-refractivity contribution in [2.45, 2.75) is 16.2 Å². The Morgan fingerprint density at radius 2 is 0.875 bits per heavy atom. The minimum atomic E-state index is -5.29. The molecule has 0 atom stereocenters. The molecule has 0 aliphatic carbocycles. The number of rotatable bonds is 7. The van der Waals surface area contributed by atoms with Gasteiger partial charge < -0.3 is 4.74 Å². The zero-order valence-electron chi connectivity index (χ0n) is 22.1. The van der Waals surface area contributed by atoms with Crippen molar-refractivity contribution in [3.05, 3.63) is 106 Å². The van der Waals surface area contributed by atoms with Crippen molar-refractivity contribution in [1.82, 2.24) is 4.98 Å². The topological polar surface area (TPSA) is 114 Å². The molecule has 0 amide bonds. The fourth-order valence-electron chi connectivity index (χ4n) is 3.21. The number of benzene rings is 3. The van der Waals surface area contributed by atoms with E-state index in [1.807, 2.05) is 0 Å². The van der Waals surface area contributed by atoms with E-state index in [2.05, 4.69) is 9.72 Å². The lowest BCUT2D eigenvalue weighted by atomic mass is 10.3. The van der Waals surface area contributed by atoms with Crippen LogP contribution in [0.1, 0.15) is 0 Å². The van der Waals surface area contributed by atoms with E-state index in [0.29, 0.717) is 24.3 Å². The largest absolute Gasteiger partial charge is 0.573 e. The summed E-state index contributed by atoms with van der Waals surface area (Å²) in [5, 5.41) is -0.000759. The van der Waals surface area contributed by atoms with Crippen LogP contribution in [-0.4, -0.2) is 28.2 Å². The van der Waals surface area contributed by atoms with Crippen LogP contribution in [0.25, 0.3) is 0 Å². The maximum Gasteiger partial charge on any atom is 0.573 e. The van der Waals surface area contributed by atoms with Gasteiger partial charge in [-0.1, -0.05) is 11.6 Å². The third kappa shape index (κ3) is 8.31. The van der Waals surface area contributed by atoms with E-state index in [4.69, 9.17) is 11.6 Å². The first-order valence-corrected chi connectivity index (χ1v) is 14.9. The maximum absolute atomic E-state index is 13.6. The minimum absolute atomic E-state index is 0.000759. The number of halogens is 14. The normalized spacial score (nSPS) is 11.9. The van der Waals surface area contributed by atoms with E-state index in [1.165, 1.54) is 4.72 Å². The third-order valence-corrected chi connectivity index (χ3v) is 8.22. The zero-order valence-corrected chi connectivity index (χ0v) is 24.5. The molecule has 0 bridgehead atoms. The molecule has 3 aromatic carbocycles. The van der Waals surface area contributed by atoms with Gasteiger partial charge in [0.25, 0.3) is 20.0 Å². The Kier molecular flexibility index (Phi) is 11.0. The molecule has 0 fully saturated rings. The predicted molar refractivity (Wildman–Crippen MR) is 136 cm³/mol. The van der Waals surface area contributed by atoms with E-state index in [1.54, 1.807) is 4.72 Å². The number of anilines is 2. The number of hydrogen-bond acceptors (Lipinski definition) is 6. The van der Waals surface area contributed by atoms with E-state index in [-0.39, 0.29) is 10.8 Å². The van der Waals surface area contributed by atoms with Gasteiger partial charge in [0.1, 0.15) is 10.9 Å². The van der Waals surface area contributed by atoms with E-state index in [9.17, 15) is 73.9 Å². The van der Waals surface area contributed by atoms with Crippen LogP contribution >= 0.6 is 11.6 Å². The number of alkyl halides is 3. The molecule has 24 heteroatoms. The summed E-state index contributed by atoms with van der Waals surface area (Å²) in [6.45, 7) is 0. The van der Waals surface area contributed by atoms with Crippen molar-refractivity contribution < 1.29 is 78.6 Å². The Bertz CT molecular complexity index is 2030. The molecule has 0 saturated heterocycles. The summed E-state index contributed by atoms with van der Waals surface area (Å²) in [5.74, 6) is -25.5. The molecule has 48 heavy (non-hydrogen) atoms. The zero-order chi connectivity index (χ0) is 36.5. The smallest absolute Gasteiger partial charge is 0.406 e. The van der Waals surface area contributed by atoms with Crippen LogP contribution in [0.4, 0.5) is 68.5 Å². The van der Waals surface area contributed by atoms with Gasteiger partial charge in [-0.25, -0.2) is 65.7 Å². The van der Waals surface area contributed by atoms with Crippen LogP contribution in [0.5, 0.6) is 5.75 Å². The highest BCUT2D eigenvalue weighted by Gasteiger charge is 2.35. The van der Waals surface area contributed by atoms with Gasteiger partial charge in [0.2, 0.25) is 11.6 Å². The molecule has 1 aromatic heterocycles. The van der Waals surface area contributed by atoms with Crippen molar-refractivity contribution in [3.63, 3.8) is 0 Å². The molecule has 0 unspecified atom stereocenters. The van der Waals surface area contributed by atoms with E-state index < -0.39 is 106 Å². The fourth-order valence-corrected chi connectivity index (χ4v) is 5.71. The first-order valence-electron chi connectivity index (χ1n) is 11.5. The molecular formula is C24H9ClF13N3O5S2. The van der Waals surface area contributed by atoms with Gasteiger partial charge in [-0.15, -0.1) is 13.2 Å². The summed E-state index contributed by atoms with van der Waals surface area (Å²) in [6, 6.07) is 4.97. The fraction of sp³-hybridized carbons (Fsp3) is 0.0417. The molecule has 0 aliphatic rings. The Labute approximate surface area is 263 Å². The first-order chi connectivity index (χ1) is 22.0. The number of ether oxygens (including phenoxy) is 1. The van der Waals surface area contributed by atoms with Gasteiger partial charge in [-0.05, 0) is 36.4 Å². The second-order valence-corrected chi connectivity index (χ2v) is 12.1. The maximum atomic E-state index is 13.6. The van der Waals surface area contributed by atoms with Crippen LogP contribution in [0.2, 0.25) is 5.15 Å². The summed E-state index contributed by atoms with van der Waals surface area (Å²) in [7, 11) is -10.4. The Morgan fingerprint density at radius 3 is 1.21 bits per heavy atom. The highest BCUT2D eigenvalue weighted by Crippen LogP contribution is 2.30. The highest BCUT2D eigenvalue weighted by molar-refractivity contribution is 7.93. The lowest BCUT2D eigenvalue weighted by Gasteiger charge is -2.12. The molecule has 1 heterocycles. The van der Waals surface area contributed by atoms with Crippen molar-refractivity contribution in [2.24, 2.45) is 0 Å². The number of hydrogen-bond donors (Lipinski definition) is 2. The van der Waals surface area contributed by atoms with Gasteiger partial charge >= 0.3 is 6.36 Å². The van der Waals surface area contributed by atoms with Crippen molar-refractivity contribution in [2.75, 3.05) is 9.44 Å². The molecule has 4 rings (SSSR count).